The molecule has 0 atom stereocenters. The summed E-state index contributed by atoms with van der Waals surface area (Å²) in [7, 11) is 0. The molecule has 0 spiro atoms. The number of carbonyl (C=O) groups is 3. The molecule has 10 nitrogen and oxygen atoms in total. The maximum absolute atomic E-state index is 11.8. The minimum Gasteiger partial charge on any atom is -0.507 e. The van der Waals surface area contributed by atoms with Crippen LogP contribution in [0.15, 0.2) is 60.7 Å². The Bertz CT molecular complexity index is 1450. The van der Waals surface area contributed by atoms with Gasteiger partial charge in [-0.1, -0.05) is 12.1 Å². The van der Waals surface area contributed by atoms with Crippen molar-refractivity contribution in [2.24, 2.45) is 0 Å². The number of aliphatic hydroxyl groups is 1. The van der Waals surface area contributed by atoms with Gasteiger partial charge in [-0.25, -0.2) is 9.59 Å². The summed E-state index contributed by atoms with van der Waals surface area (Å²) in [5.41, 5.74) is 3.56. The van der Waals surface area contributed by atoms with Crippen LogP contribution in [0.3, 0.4) is 0 Å². The first-order chi connectivity index (χ1) is 18.8. The highest BCUT2D eigenvalue weighted by Crippen LogP contribution is 2.38. The Morgan fingerprint density at radius 3 is 2.05 bits per heavy atom. The van der Waals surface area contributed by atoms with Gasteiger partial charge in [-0.3, -0.25) is 9.48 Å². The van der Waals surface area contributed by atoms with E-state index < -0.39 is 17.7 Å². The highest BCUT2D eigenvalue weighted by atomic mass is 16.5. The van der Waals surface area contributed by atoms with Crippen LogP contribution in [0.25, 0.3) is 17.0 Å². The zero-order valence-corrected chi connectivity index (χ0v) is 21.5. The third-order valence-electron chi connectivity index (χ3n) is 5.48. The Morgan fingerprint density at radius 2 is 1.54 bits per heavy atom. The molecule has 0 saturated heterocycles. The van der Waals surface area contributed by atoms with Crippen LogP contribution in [0, 0.1) is 22.7 Å². The fourth-order valence-electron chi connectivity index (χ4n) is 3.41. The van der Waals surface area contributed by atoms with Gasteiger partial charge in [-0.05, 0) is 74.7 Å². The van der Waals surface area contributed by atoms with Gasteiger partial charge in [-0.2, -0.15) is 15.6 Å². The van der Waals surface area contributed by atoms with Gasteiger partial charge in [0.05, 0.1) is 48.2 Å². The first kappa shape index (κ1) is 28.4. The minimum absolute atomic E-state index is 0.0933. The highest BCUT2D eigenvalue weighted by Gasteiger charge is 2.29. The SMILES string of the molecule is CCOC(=O)C(=O)C=C(O)c1ccc(C#N)cc1.CCOC(=O)c1cc(-c2ccc(C#N)cc2)n(C2CC2)n1. The van der Waals surface area contributed by atoms with Crippen LogP contribution in [0.5, 0.6) is 0 Å². The second-order valence-electron chi connectivity index (χ2n) is 8.30. The number of hydrogen-bond donors (Lipinski definition) is 1. The molecule has 39 heavy (non-hydrogen) atoms. The van der Waals surface area contributed by atoms with Gasteiger partial charge in [0.1, 0.15) is 5.76 Å². The fraction of sp³-hybridized carbons (Fsp3) is 0.241. The van der Waals surface area contributed by atoms with Crippen molar-refractivity contribution in [1.29, 1.82) is 10.5 Å². The summed E-state index contributed by atoms with van der Waals surface area (Å²) in [4.78, 5) is 34.2. The van der Waals surface area contributed by atoms with Crippen molar-refractivity contribution in [1.82, 2.24) is 9.78 Å². The lowest BCUT2D eigenvalue weighted by atomic mass is 10.1. The molecule has 1 fully saturated rings. The number of carbonyl (C=O) groups excluding carboxylic acids is 3. The topological polar surface area (TPSA) is 155 Å². The number of aromatic nitrogens is 2. The maximum atomic E-state index is 11.8. The number of nitrogens with zero attached hydrogens (tertiary/aromatic N) is 4. The molecule has 1 saturated carbocycles. The van der Waals surface area contributed by atoms with Crippen molar-refractivity contribution >= 4 is 23.5 Å². The summed E-state index contributed by atoms with van der Waals surface area (Å²) < 4.78 is 11.4. The summed E-state index contributed by atoms with van der Waals surface area (Å²) in [5, 5.41) is 31.5. The molecule has 1 aliphatic rings. The average Bonchev–Trinajstić information content (AvgIpc) is 3.71. The molecule has 1 N–H and O–H groups in total. The Labute approximate surface area is 225 Å². The van der Waals surface area contributed by atoms with E-state index in [1.807, 2.05) is 22.9 Å². The van der Waals surface area contributed by atoms with Gasteiger partial charge >= 0.3 is 11.9 Å². The lowest BCUT2D eigenvalue weighted by Gasteiger charge is -2.05. The van der Waals surface area contributed by atoms with Crippen molar-refractivity contribution in [3.63, 3.8) is 0 Å². The summed E-state index contributed by atoms with van der Waals surface area (Å²) in [6, 6.07) is 19.4. The molecular formula is C29H26N4O6. The summed E-state index contributed by atoms with van der Waals surface area (Å²) in [6.07, 6.45) is 2.94. The van der Waals surface area contributed by atoms with Crippen molar-refractivity contribution in [3.05, 3.63) is 83.1 Å². The molecule has 10 heteroatoms. The summed E-state index contributed by atoms with van der Waals surface area (Å²) in [6.45, 7) is 3.78. The Kier molecular flexibility index (Phi) is 9.71. The van der Waals surface area contributed by atoms with Crippen molar-refractivity contribution in [2.75, 3.05) is 13.2 Å². The maximum Gasteiger partial charge on any atom is 0.379 e. The third-order valence-corrected chi connectivity index (χ3v) is 5.48. The molecule has 4 rings (SSSR count). The van der Waals surface area contributed by atoms with Gasteiger partial charge < -0.3 is 14.6 Å². The number of nitriles is 2. The molecule has 2 aromatic carbocycles. The number of hydrogen-bond acceptors (Lipinski definition) is 9. The van der Waals surface area contributed by atoms with E-state index in [-0.39, 0.29) is 12.4 Å². The molecule has 0 amide bonds. The molecule has 0 radical (unpaired) electrons. The van der Waals surface area contributed by atoms with Gasteiger partial charge in [0, 0.05) is 11.6 Å². The monoisotopic (exact) mass is 526 g/mol. The lowest BCUT2D eigenvalue weighted by Crippen LogP contribution is -2.15. The van der Waals surface area contributed by atoms with E-state index in [1.54, 1.807) is 32.0 Å². The smallest absolute Gasteiger partial charge is 0.379 e. The normalized spacial score (nSPS) is 12.3. The van der Waals surface area contributed by atoms with E-state index in [2.05, 4.69) is 15.9 Å². The molecule has 1 aromatic heterocycles. The van der Waals surface area contributed by atoms with Gasteiger partial charge in [0.15, 0.2) is 5.69 Å². The van der Waals surface area contributed by atoms with Crippen LogP contribution < -0.4 is 0 Å². The quantitative estimate of drug-likeness (QED) is 0.193. The predicted molar refractivity (Wildman–Crippen MR) is 140 cm³/mol. The fourth-order valence-corrected chi connectivity index (χ4v) is 3.41. The molecular weight excluding hydrogens is 500 g/mol. The van der Waals surface area contributed by atoms with Gasteiger partial charge in [0.2, 0.25) is 0 Å². The Hall–Kier alpha value is -5.22. The van der Waals surface area contributed by atoms with Crippen LogP contribution in [-0.2, 0) is 19.1 Å². The van der Waals surface area contributed by atoms with E-state index in [9.17, 15) is 19.5 Å². The lowest BCUT2D eigenvalue weighted by molar-refractivity contribution is -0.151. The number of ketones is 1. The molecule has 1 aliphatic carbocycles. The highest BCUT2D eigenvalue weighted by molar-refractivity contribution is 6.39. The van der Waals surface area contributed by atoms with Crippen molar-refractivity contribution in [3.8, 4) is 23.4 Å². The second kappa shape index (κ2) is 13.4. The largest absolute Gasteiger partial charge is 0.507 e. The number of ether oxygens (including phenoxy) is 2. The zero-order chi connectivity index (χ0) is 28.4. The van der Waals surface area contributed by atoms with Gasteiger partial charge in [-0.15, -0.1) is 0 Å². The first-order valence-corrected chi connectivity index (χ1v) is 12.2. The van der Waals surface area contributed by atoms with Crippen molar-refractivity contribution < 1.29 is 29.0 Å². The molecule has 1 heterocycles. The van der Waals surface area contributed by atoms with E-state index in [4.69, 9.17) is 15.3 Å². The first-order valence-electron chi connectivity index (χ1n) is 12.2. The zero-order valence-electron chi connectivity index (χ0n) is 21.5. The molecule has 198 valence electrons. The molecule has 0 aliphatic heterocycles. The second-order valence-corrected chi connectivity index (χ2v) is 8.30. The Morgan fingerprint density at radius 1 is 0.974 bits per heavy atom. The number of esters is 2. The Balaban J connectivity index is 0.000000219. The van der Waals surface area contributed by atoms with Crippen LogP contribution in [0.1, 0.15) is 59.9 Å². The standard InChI is InChI=1S/C16H15N3O2.C13H11NO4/c1-2-21-16(20)14-9-15(19(18-14)13-7-8-13)12-5-3-11(10-17)4-6-12;1-2-18-13(17)12(16)7-11(15)10-5-3-9(8-14)4-6-10/h3-6,9,13H,2,7-8H2,1H3;3-7,15H,2H2,1H3. The molecule has 0 bridgehead atoms. The number of rotatable bonds is 8. The summed E-state index contributed by atoms with van der Waals surface area (Å²) >= 11 is 0. The molecule has 3 aromatic rings. The number of benzene rings is 2. The van der Waals surface area contributed by atoms with Gasteiger partial charge in [0.25, 0.3) is 5.78 Å². The average molecular weight is 527 g/mol. The van der Waals surface area contributed by atoms with E-state index in [0.29, 0.717) is 35.0 Å². The molecule has 0 unspecified atom stereocenters. The van der Waals surface area contributed by atoms with E-state index in [1.165, 1.54) is 24.3 Å². The van der Waals surface area contributed by atoms with Crippen molar-refractivity contribution in [2.45, 2.75) is 32.7 Å². The van der Waals surface area contributed by atoms with Crippen LogP contribution >= 0.6 is 0 Å². The van der Waals surface area contributed by atoms with Crippen LogP contribution in [-0.4, -0.2) is 45.8 Å². The van der Waals surface area contributed by atoms with E-state index in [0.717, 1.165) is 30.2 Å². The summed E-state index contributed by atoms with van der Waals surface area (Å²) in [5.74, 6) is -2.69. The predicted octanol–water partition coefficient (Wildman–Crippen LogP) is 4.52. The van der Waals surface area contributed by atoms with Crippen LogP contribution in [0.4, 0.5) is 0 Å². The minimum atomic E-state index is -1.02. The number of aliphatic hydroxyl groups excluding tert-OH is 1. The van der Waals surface area contributed by atoms with Crippen LogP contribution in [0.2, 0.25) is 0 Å². The van der Waals surface area contributed by atoms with E-state index >= 15 is 0 Å². The third kappa shape index (κ3) is 7.63.